The lowest BCUT2D eigenvalue weighted by molar-refractivity contribution is 1.29. The third-order valence-electron chi connectivity index (χ3n) is 1.97. The van der Waals surface area contributed by atoms with Crippen LogP contribution < -0.4 is 0 Å². The third kappa shape index (κ3) is 2.84. The van der Waals surface area contributed by atoms with E-state index in [-0.39, 0.29) is 0 Å². The van der Waals surface area contributed by atoms with Crippen LogP contribution in [0.25, 0.3) is 0 Å². The van der Waals surface area contributed by atoms with Gasteiger partial charge in [0.2, 0.25) is 0 Å². The minimum Gasteiger partial charge on any atom is -0.245 e. The maximum Gasteiger partial charge on any atom is 0.115 e. The van der Waals surface area contributed by atoms with Crippen LogP contribution in [0.4, 0.5) is 0 Å². The summed E-state index contributed by atoms with van der Waals surface area (Å²) in [7, 11) is 0. The van der Waals surface area contributed by atoms with Crippen LogP contribution in [-0.4, -0.2) is 17.3 Å². The van der Waals surface area contributed by atoms with Gasteiger partial charge >= 0.3 is 0 Å². The molecule has 0 aliphatic carbocycles. The number of allylic oxidation sites excluding steroid dienone is 1. The number of rotatable bonds is 0. The minimum atomic E-state index is 0.410. The molecule has 0 bridgehead atoms. The van der Waals surface area contributed by atoms with Gasteiger partial charge in [0.25, 0.3) is 0 Å². The second-order valence-corrected chi connectivity index (χ2v) is 4.26. The number of aliphatic imine (C=N–C) groups is 2. The Morgan fingerprint density at radius 3 is 2.85 bits per heavy atom. The molecule has 0 aromatic heterocycles. The fourth-order valence-corrected chi connectivity index (χ4v) is 1.57. The molecule has 0 aromatic rings. The van der Waals surface area contributed by atoms with Crippen molar-refractivity contribution in [2.45, 2.75) is 26.0 Å². The van der Waals surface area contributed by atoms with Gasteiger partial charge in [0.05, 0.1) is 5.70 Å². The lowest BCUT2D eigenvalue weighted by Crippen LogP contribution is -2.07. The van der Waals surface area contributed by atoms with Crippen molar-refractivity contribution in [3.05, 3.63) is 23.3 Å². The average Bonchev–Trinajstić information content (AvgIpc) is 2.15. The van der Waals surface area contributed by atoms with Gasteiger partial charge in [0.15, 0.2) is 0 Å². The minimum absolute atomic E-state index is 0.410. The molecular formula is C10H14N2S. The van der Waals surface area contributed by atoms with Crippen LogP contribution >= 0.6 is 11.8 Å². The van der Waals surface area contributed by atoms with E-state index in [0.29, 0.717) is 5.25 Å². The SMILES string of the molecule is C=C1N=CN=C(C)C(C)SC=C1C. The van der Waals surface area contributed by atoms with Gasteiger partial charge in [0, 0.05) is 11.0 Å². The molecule has 0 saturated heterocycles. The Hall–Kier alpha value is -0.830. The van der Waals surface area contributed by atoms with Gasteiger partial charge < -0.3 is 0 Å². The molecule has 70 valence electrons. The van der Waals surface area contributed by atoms with E-state index in [2.05, 4.69) is 28.9 Å². The van der Waals surface area contributed by atoms with Crippen molar-refractivity contribution in [1.29, 1.82) is 0 Å². The summed E-state index contributed by atoms with van der Waals surface area (Å²) in [5.74, 6) is 0. The molecule has 0 radical (unpaired) electrons. The summed E-state index contributed by atoms with van der Waals surface area (Å²) in [4.78, 5) is 8.34. The van der Waals surface area contributed by atoms with Gasteiger partial charge in [-0.1, -0.05) is 6.58 Å². The summed E-state index contributed by atoms with van der Waals surface area (Å²) in [6.07, 6.45) is 1.58. The number of thioether (sulfide) groups is 1. The number of hydrogen-bond donors (Lipinski definition) is 0. The van der Waals surface area contributed by atoms with Crippen molar-refractivity contribution < 1.29 is 0 Å². The Kier molecular flexibility index (Phi) is 3.48. The molecule has 1 rings (SSSR count). The maximum atomic E-state index is 4.22. The monoisotopic (exact) mass is 194 g/mol. The topological polar surface area (TPSA) is 24.7 Å². The average molecular weight is 194 g/mol. The Balaban J connectivity index is 2.93. The summed E-state index contributed by atoms with van der Waals surface area (Å²) in [6, 6.07) is 0. The van der Waals surface area contributed by atoms with Crippen molar-refractivity contribution in [3.63, 3.8) is 0 Å². The Labute approximate surface area is 83.6 Å². The van der Waals surface area contributed by atoms with Crippen molar-refractivity contribution in [1.82, 2.24) is 0 Å². The second kappa shape index (κ2) is 4.42. The van der Waals surface area contributed by atoms with Crippen LogP contribution in [0.1, 0.15) is 20.8 Å². The molecule has 0 saturated carbocycles. The largest absolute Gasteiger partial charge is 0.245 e. The van der Waals surface area contributed by atoms with Crippen molar-refractivity contribution >= 4 is 23.8 Å². The zero-order valence-corrected chi connectivity index (χ0v) is 9.06. The molecule has 3 heteroatoms. The molecule has 1 heterocycles. The summed E-state index contributed by atoms with van der Waals surface area (Å²) < 4.78 is 0. The van der Waals surface area contributed by atoms with E-state index in [9.17, 15) is 0 Å². The van der Waals surface area contributed by atoms with Crippen molar-refractivity contribution in [2.24, 2.45) is 9.98 Å². The summed E-state index contributed by atoms with van der Waals surface area (Å²) in [6.45, 7) is 10.0. The first-order valence-electron chi connectivity index (χ1n) is 4.19. The van der Waals surface area contributed by atoms with E-state index in [1.807, 2.05) is 13.8 Å². The molecule has 1 aliphatic heterocycles. The smallest absolute Gasteiger partial charge is 0.115 e. The first kappa shape index (κ1) is 10.3. The molecule has 0 aromatic carbocycles. The van der Waals surface area contributed by atoms with Crippen molar-refractivity contribution in [3.8, 4) is 0 Å². The predicted molar refractivity (Wildman–Crippen MR) is 61.6 cm³/mol. The van der Waals surface area contributed by atoms with Crippen molar-refractivity contribution in [2.75, 3.05) is 0 Å². The van der Waals surface area contributed by atoms with Gasteiger partial charge in [0.1, 0.15) is 6.34 Å². The molecule has 1 aliphatic rings. The van der Waals surface area contributed by atoms with Crippen LogP contribution in [0.5, 0.6) is 0 Å². The van der Waals surface area contributed by atoms with E-state index >= 15 is 0 Å². The fourth-order valence-electron chi connectivity index (χ4n) is 0.767. The lowest BCUT2D eigenvalue weighted by atomic mass is 10.3. The molecule has 13 heavy (non-hydrogen) atoms. The Morgan fingerprint density at radius 1 is 1.46 bits per heavy atom. The molecule has 2 nitrogen and oxygen atoms in total. The van der Waals surface area contributed by atoms with Crippen LogP contribution in [0.3, 0.4) is 0 Å². The maximum absolute atomic E-state index is 4.22. The van der Waals surface area contributed by atoms with E-state index in [0.717, 1.165) is 17.0 Å². The highest BCUT2D eigenvalue weighted by Gasteiger charge is 2.06. The summed E-state index contributed by atoms with van der Waals surface area (Å²) >= 11 is 1.75. The van der Waals surface area contributed by atoms with E-state index < -0.39 is 0 Å². The van der Waals surface area contributed by atoms with Crippen LogP contribution in [-0.2, 0) is 0 Å². The zero-order valence-electron chi connectivity index (χ0n) is 8.24. The van der Waals surface area contributed by atoms with Gasteiger partial charge in [-0.25, -0.2) is 9.98 Å². The summed E-state index contributed by atoms with van der Waals surface area (Å²) in [5.41, 5.74) is 2.99. The molecule has 0 spiro atoms. The first-order chi connectivity index (χ1) is 6.11. The normalized spacial score (nSPS) is 24.2. The highest BCUT2D eigenvalue weighted by molar-refractivity contribution is 8.03. The van der Waals surface area contributed by atoms with Crippen LogP contribution in [0.2, 0.25) is 0 Å². The molecule has 0 amide bonds. The summed E-state index contributed by atoms with van der Waals surface area (Å²) in [5, 5.41) is 2.50. The van der Waals surface area contributed by atoms with E-state index in [1.54, 1.807) is 18.1 Å². The zero-order chi connectivity index (χ0) is 9.84. The molecule has 1 unspecified atom stereocenters. The third-order valence-corrected chi connectivity index (χ3v) is 3.21. The predicted octanol–water partition coefficient (Wildman–Crippen LogP) is 3.03. The second-order valence-electron chi connectivity index (χ2n) is 3.04. The highest BCUT2D eigenvalue weighted by atomic mass is 32.2. The fraction of sp³-hybridized carbons (Fsp3) is 0.400. The standard InChI is InChI=1S/C10H14N2S/c1-7-5-13-10(4)9(3)12-6-11-8(7)2/h5-6,10H,2H2,1,3-4H3. The molecular weight excluding hydrogens is 180 g/mol. The quantitative estimate of drug-likeness (QED) is 0.581. The highest BCUT2D eigenvalue weighted by Crippen LogP contribution is 2.20. The van der Waals surface area contributed by atoms with Gasteiger partial charge in [-0.15, -0.1) is 11.8 Å². The van der Waals surface area contributed by atoms with Crippen LogP contribution in [0.15, 0.2) is 33.2 Å². The number of nitrogens with zero attached hydrogens (tertiary/aromatic N) is 2. The number of hydrogen-bond acceptors (Lipinski definition) is 3. The van der Waals surface area contributed by atoms with Gasteiger partial charge in [-0.2, -0.15) is 0 Å². The van der Waals surface area contributed by atoms with Gasteiger partial charge in [-0.3, -0.25) is 0 Å². The Morgan fingerprint density at radius 2 is 2.15 bits per heavy atom. The molecule has 1 atom stereocenters. The van der Waals surface area contributed by atoms with Crippen LogP contribution in [0, 0.1) is 0 Å². The first-order valence-corrected chi connectivity index (χ1v) is 5.14. The van der Waals surface area contributed by atoms with E-state index in [4.69, 9.17) is 0 Å². The molecule has 0 fully saturated rings. The lowest BCUT2D eigenvalue weighted by Gasteiger charge is -2.06. The van der Waals surface area contributed by atoms with E-state index in [1.165, 1.54) is 0 Å². The Bertz CT molecular complexity index is 300. The molecule has 0 N–H and O–H groups in total. The van der Waals surface area contributed by atoms with Gasteiger partial charge in [-0.05, 0) is 31.8 Å².